The average Bonchev–Trinajstić information content (AvgIpc) is 2.30. The van der Waals surface area contributed by atoms with E-state index in [1.807, 2.05) is 17.8 Å². The predicted molar refractivity (Wildman–Crippen MR) is 72.2 cm³/mol. The second-order valence-corrected chi connectivity index (χ2v) is 5.11. The molecular formula is C13H21NOS. The van der Waals surface area contributed by atoms with Crippen LogP contribution in [0, 0.1) is 6.92 Å². The van der Waals surface area contributed by atoms with Gasteiger partial charge in [0.15, 0.2) is 0 Å². The first-order chi connectivity index (χ1) is 7.77. The summed E-state index contributed by atoms with van der Waals surface area (Å²) in [6.45, 7) is 5.57. The first-order valence-electron chi connectivity index (χ1n) is 5.78. The zero-order chi connectivity index (χ0) is 11.8. The van der Waals surface area contributed by atoms with Gasteiger partial charge in [-0.2, -0.15) is 11.8 Å². The molecule has 0 amide bonds. The van der Waals surface area contributed by atoms with Crippen LogP contribution in [0.25, 0.3) is 0 Å². The summed E-state index contributed by atoms with van der Waals surface area (Å²) in [5.41, 5.74) is 8.02. The van der Waals surface area contributed by atoms with Crippen molar-refractivity contribution in [3.05, 3.63) is 29.3 Å². The maximum Gasteiger partial charge on any atom is 0.123 e. The summed E-state index contributed by atoms with van der Waals surface area (Å²) in [5.74, 6) is 3.29. The van der Waals surface area contributed by atoms with Gasteiger partial charge in [0.2, 0.25) is 0 Å². The summed E-state index contributed by atoms with van der Waals surface area (Å²) in [5, 5.41) is 0. The molecule has 1 rings (SSSR count). The predicted octanol–water partition coefficient (Wildman–Crippen LogP) is 2.98. The Balaban J connectivity index is 2.41. The molecule has 0 aliphatic carbocycles. The van der Waals surface area contributed by atoms with Crippen molar-refractivity contribution in [3.63, 3.8) is 0 Å². The van der Waals surface area contributed by atoms with Crippen molar-refractivity contribution in [2.24, 2.45) is 5.73 Å². The first-order valence-corrected chi connectivity index (χ1v) is 6.93. The van der Waals surface area contributed by atoms with Crippen LogP contribution < -0.4 is 10.5 Å². The van der Waals surface area contributed by atoms with Crippen LogP contribution in [-0.4, -0.2) is 18.1 Å². The number of thioether (sulfide) groups is 1. The molecule has 0 atom stereocenters. The van der Waals surface area contributed by atoms with E-state index in [1.165, 1.54) is 17.1 Å². The van der Waals surface area contributed by atoms with E-state index in [0.29, 0.717) is 6.54 Å². The molecule has 0 bridgehead atoms. The summed E-state index contributed by atoms with van der Waals surface area (Å²) < 4.78 is 5.74. The Kier molecular flexibility index (Phi) is 6.34. The van der Waals surface area contributed by atoms with Crippen molar-refractivity contribution in [2.45, 2.75) is 26.8 Å². The second kappa shape index (κ2) is 7.58. The monoisotopic (exact) mass is 239 g/mol. The smallest absolute Gasteiger partial charge is 0.123 e. The van der Waals surface area contributed by atoms with Gasteiger partial charge < -0.3 is 10.5 Å². The molecule has 0 saturated heterocycles. The molecule has 16 heavy (non-hydrogen) atoms. The van der Waals surface area contributed by atoms with Gasteiger partial charge in [-0.25, -0.2) is 0 Å². The van der Waals surface area contributed by atoms with Crippen LogP contribution in [0.3, 0.4) is 0 Å². The molecule has 0 saturated carbocycles. The maximum absolute atomic E-state index is 5.74. The van der Waals surface area contributed by atoms with Gasteiger partial charge >= 0.3 is 0 Å². The first kappa shape index (κ1) is 13.4. The van der Waals surface area contributed by atoms with E-state index in [-0.39, 0.29) is 0 Å². The molecule has 0 aliphatic rings. The average molecular weight is 239 g/mol. The topological polar surface area (TPSA) is 35.2 Å². The zero-order valence-electron chi connectivity index (χ0n) is 10.2. The number of rotatable bonds is 7. The highest BCUT2D eigenvalue weighted by molar-refractivity contribution is 7.99. The van der Waals surface area contributed by atoms with Gasteiger partial charge in [-0.15, -0.1) is 0 Å². The highest BCUT2D eigenvalue weighted by atomic mass is 32.2. The van der Waals surface area contributed by atoms with Crippen LogP contribution in [-0.2, 0) is 6.54 Å². The van der Waals surface area contributed by atoms with Crippen molar-refractivity contribution in [3.8, 4) is 5.75 Å². The number of hydrogen-bond donors (Lipinski definition) is 1. The third-order valence-electron chi connectivity index (χ3n) is 2.33. The Bertz CT molecular complexity index is 315. The fourth-order valence-corrected chi connectivity index (χ4v) is 2.11. The normalized spacial score (nSPS) is 10.4. The van der Waals surface area contributed by atoms with Crippen molar-refractivity contribution >= 4 is 11.8 Å². The highest BCUT2D eigenvalue weighted by Gasteiger charge is 2.01. The molecule has 1 aromatic rings. The van der Waals surface area contributed by atoms with E-state index >= 15 is 0 Å². The summed E-state index contributed by atoms with van der Waals surface area (Å²) in [6.07, 6.45) is 1.09. The maximum atomic E-state index is 5.74. The third-order valence-corrected chi connectivity index (χ3v) is 3.32. The molecular weight excluding hydrogens is 218 g/mol. The quantitative estimate of drug-likeness (QED) is 0.743. The highest BCUT2D eigenvalue weighted by Crippen LogP contribution is 2.19. The molecule has 90 valence electrons. The standard InChI is InChI=1S/C13H21NOS/c1-3-16-8-4-7-15-13-6-5-11(2)9-12(13)10-14/h5-6,9H,3-4,7-8,10,14H2,1-2H3. The largest absolute Gasteiger partial charge is 0.493 e. The molecule has 0 radical (unpaired) electrons. The van der Waals surface area contributed by atoms with Gasteiger partial charge in [0, 0.05) is 12.1 Å². The van der Waals surface area contributed by atoms with Gasteiger partial charge in [0.1, 0.15) is 5.75 Å². The van der Waals surface area contributed by atoms with Gasteiger partial charge in [-0.05, 0) is 30.9 Å². The summed E-state index contributed by atoms with van der Waals surface area (Å²) in [4.78, 5) is 0. The number of benzene rings is 1. The van der Waals surface area contributed by atoms with E-state index in [0.717, 1.165) is 24.3 Å². The molecule has 0 unspecified atom stereocenters. The fourth-order valence-electron chi connectivity index (χ4n) is 1.50. The lowest BCUT2D eigenvalue weighted by Gasteiger charge is -2.10. The molecule has 2 N–H and O–H groups in total. The third kappa shape index (κ3) is 4.45. The van der Waals surface area contributed by atoms with Crippen molar-refractivity contribution in [2.75, 3.05) is 18.1 Å². The summed E-state index contributed by atoms with van der Waals surface area (Å²) in [6, 6.07) is 6.18. The lowest BCUT2D eigenvalue weighted by atomic mass is 10.1. The van der Waals surface area contributed by atoms with Crippen LogP contribution in [0.2, 0.25) is 0 Å². The molecule has 3 heteroatoms. The van der Waals surface area contributed by atoms with Crippen molar-refractivity contribution < 1.29 is 4.74 Å². The Hall–Kier alpha value is -0.670. The molecule has 1 aromatic carbocycles. The molecule has 0 aromatic heterocycles. The van der Waals surface area contributed by atoms with Crippen LogP contribution >= 0.6 is 11.8 Å². The molecule has 0 spiro atoms. The minimum atomic E-state index is 0.542. The van der Waals surface area contributed by atoms with Gasteiger partial charge in [0.25, 0.3) is 0 Å². The fraction of sp³-hybridized carbons (Fsp3) is 0.538. The Morgan fingerprint density at radius 3 is 2.88 bits per heavy atom. The minimum absolute atomic E-state index is 0.542. The summed E-state index contributed by atoms with van der Waals surface area (Å²) >= 11 is 1.95. The van der Waals surface area contributed by atoms with Crippen LogP contribution in [0.5, 0.6) is 5.75 Å². The Morgan fingerprint density at radius 2 is 2.19 bits per heavy atom. The van der Waals surface area contributed by atoms with E-state index in [9.17, 15) is 0 Å². The van der Waals surface area contributed by atoms with Crippen LogP contribution in [0.1, 0.15) is 24.5 Å². The Labute approximate surface area is 103 Å². The summed E-state index contributed by atoms with van der Waals surface area (Å²) in [7, 11) is 0. The lowest BCUT2D eigenvalue weighted by molar-refractivity contribution is 0.315. The van der Waals surface area contributed by atoms with Crippen LogP contribution in [0.4, 0.5) is 0 Å². The van der Waals surface area contributed by atoms with E-state index < -0.39 is 0 Å². The molecule has 0 fully saturated rings. The van der Waals surface area contributed by atoms with E-state index in [1.54, 1.807) is 0 Å². The minimum Gasteiger partial charge on any atom is -0.493 e. The second-order valence-electron chi connectivity index (χ2n) is 3.71. The number of nitrogens with two attached hydrogens (primary N) is 1. The van der Waals surface area contributed by atoms with E-state index in [2.05, 4.69) is 26.0 Å². The molecule has 0 heterocycles. The van der Waals surface area contributed by atoms with E-state index in [4.69, 9.17) is 10.5 Å². The van der Waals surface area contributed by atoms with Crippen molar-refractivity contribution in [1.29, 1.82) is 0 Å². The number of ether oxygens (including phenoxy) is 1. The molecule has 0 aliphatic heterocycles. The van der Waals surface area contributed by atoms with Gasteiger partial charge in [-0.3, -0.25) is 0 Å². The van der Waals surface area contributed by atoms with Gasteiger partial charge in [0.05, 0.1) is 6.61 Å². The molecule has 2 nitrogen and oxygen atoms in total. The lowest BCUT2D eigenvalue weighted by Crippen LogP contribution is -2.04. The number of aryl methyl sites for hydroxylation is 1. The Morgan fingerprint density at radius 1 is 1.38 bits per heavy atom. The zero-order valence-corrected chi connectivity index (χ0v) is 11.0. The number of hydrogen-bond acceptors (Lipinski definition) is 3. The van der Waals surface area contributed by atoms with Crippen molar-refractivity contribution in [1.82, 2.24) is 0 Å². The van der Waals surface area contributed by atoms with Gasteiger partial charge in [-0.1, -0.05) is 24.6 Å². The van der Waals surface area contributed by atoms with Crippen LogP contribution in [0.15, 0.2) is 18.2 Å². The SMILES string of the molecule is CCSCCCOc1ccc(C)cc1CN.